The molecule has 0 aromatic carbocycles. The van der Waals surface area contributed by atoms with Crippen LogP contribution < -0.4 is 0 Å². The van der Waals surface area contributed by atoms with Crippen molar-refractivity contribution in [2.24, 2.45) is 0 Å². The number of carbonyl (C=O) groups excluding carboxylic acids is 1. The van der Waals surface area contributed by atoms with Crippen LogP contribution in [0.3, 0.4) is 0 Å². The van der Waals surface area contributed by atoms with Gasteiger partial charge < -0.3 is 18.6 Å². The first-order valence-electron chi connectivity index (χ1n) is 5.33. The second kappa shape index (κ2) is 9.05. The van der Waals surface area contributed by atoms with Gasteiger partial charge in [-0.3, -0.25) is 4.79 Å². The fraction of sp³-hybridized carbons (Fsp3) is 0.667. The normalized spacial score (nSPS) is 15.9. The zero-order valence-electron chi connectivity index (χ0n) is 11.2. The molecule has 0 rings (SSSR count). The van der Waals surface area contributed by atoms with Crippen LogP contribution in [0.5, 0.6) is 0 Å². The van der Waals surface area contributed by atoms with Gasteiger partial charge in [0, 0.05) is 20.6 Å². The van der Waals surface area contributed by atoms with Crippen LogP contribution in [0.15, 0.2) is 0 Å². The highest BCUT2D eigenvalue weighted by Gasteiger charge is 2.44. The molecule has 0 spiro atoms. The molecule has 0 aromatic rings. The maximum atomic E-state index is 11.9. The number of carboxylic acid groups (broad SMARTS) is 2. The van der Waals surface area contributed by atoms with Crippen LogP contribution in [0.2, 0.25) is 0 Å². The van der Waals surface area contributed by atoms with Crippen molar-refractivity contribution in [1.29, 1.82) is 0 Å². The molecule has 7 nitrogen and oxygen atoms in total. The van der Waals surface area contributed by atoms with Crippen molar-refractivity contribution in [1.82, 2.24) is 0 Å². The highest BCUT2D eigenvalue weighted by molar-refractivity contribution is 9.40. The van der Waals surface area contributed by atoms with E-state index in [0.717, 1.165) is 0 Å². The number of aliphatic carboxylic acids is 1. The smallest absolute Gasteiger partial charge is 0.385 e. The van der Waals surface area contributed by atoms with Gasteiger partial charge >= 0.3 is 16.4 Å². The van der Waals surface area contributed by atoms with Gasteiger partial charge in [-0.15, -0.1) is 0 Å². The number of carbonyl (C=O) groups is 3. The molecule has 1 atom stereocenters. The van der Waals surface area contributed by atoms with Gasteiger partial charge in [-0.25, -0.2) is 9.59 Å². The van der Waals surface area contributed by atoms with Crippen LogP contribution in [-0.4, -0.2) is 38.8 Å². The van der Waals surface area contributed by atoms with Crippen LogP contribution >= 0.6 is 40.1 Å². The van der Waals surface area contributed by atoms with E-state index >= 15 is 0 Å². The van der Waals surface area contributed by atoms with Crippen molar-refractivity contribution in [2.45, 2.75) is 39.9 Å². The molecule has 1 unspecified atom stereocenters. The fourth-order valence-electron chi connectivity index (χ4n) is 0.713. The average molecular weight is 364 g/mol. The molecule has 0 saturated heterocycles. The second-order valence-corrected chi connectivity index (χ2v) is 12.3. The summed E-state index contributed by atoms with van der Waals surface area (Å²) in [7, 11) is -2.10. The Hall–Kier alpha value is -0.0700. The molecule has 20 heavy (non-hydrogen) atoms. The molecule has 0 aliphatic heterocycles. The standard InChI is InChI=1S/C9H16O7S4/c1-5(2)15-18-20(16-6(3)4,8(12)7(10)11)19-17-9(13)14/h5-6H,1-4H3,(H,10,11)(H,13,14). The zero-order chi connectivity index (χ0) is 15.9. The Labute approximate surface area is 129 Å². The number of rotatable bonds is 7. The number of hydrogen-bond acceptors (Lipinski definition) is 8. The molecule has 0 aliphatic carbocycles. The third kappa shape index (κ3) is 7.09. The summed E-state index contributed by atoms with van der Waals surface area (Å²) in [6.45, 7) is 6.65. The van der Waals surface area contributed by atoms with Gasteiger partial charge in [0.25, 0.3) is 0 Å². The fourth-order valence-corrected chi connectivity index (χ4v) is 9.40. The van der Waals surface area contributed by atoms with Crippen molar-refractivity contribution in [3.63, 3.8) is 0 Å². The van der Waals surface area contributed by atoms with Crippen LogP contribution in [0.4, 0.5) is 4.79 Å². The SMILES string of the molecule is CC(C)OSS(OC(C)C)(SSC(=O)O)C(=O)C(=O)O. The molecular formula is C9H16O7S4. The lowest BCUT2D eigenvalue weighted by Crippen LogP contribution is -2.21. The molecule has 0 amide bonds. The van der Waals surface area contributed by atoms with Crippen molar-refractivity contribution in [3.05, 3.63) is 0 Å². The maximum absolute atomic E-state index is 11.9. The van der Waals surface area contributed by atoms with E-state index < -0.39 is 30.9 Å². The summed E-state index contributed by atoms with van der Waals surface area (Å²) >= 11 is 0.593. The Morgan fingerprint density at radius 3 is 1.95 bits per heavy atom. The summed E-state index contributed by atoms with van der Waals surface area (Å²) in [6, 6.07) is 0. The van der Waals surface area contributed by atoms with Crippen molar-refractivity contribution < 1.29 is 33.0 Å². The number of hydrogen-bond donors (Lipinski definition) is 2. The van der Waals surface area contributed by atoms with Gasteiger partial charge in [-0.2, -0.15) is 0 Å². The summed E-state index contributed by atoms with van der Waals surface area (Å²) in [5.74, 6) is -1.68. The molecule has 0 aromatic heterocycles. The van der Waals surface area contributed by atoms with Crippen LogP contribution in [0.1, 0.15) is 27.7 Å². The van der Waals surface area contributed by atoms with Crippen LogP contribution in [-0.2, 0) is 18.0 Å². The van der Waals surface area contributed by atoms with E-state index in [1.165, 1.54) is 0 Å². The van der Waals surface area contributed by atoms with Gasteiger partial charge in [0.15, 0.2) is 0 Å². The minimum Gasteiger partial charge on any atom is -0.475 e. The monoisotopic (exact) mass is 364 g/mol. The van der Waals surface area contributed by atoms with Crippen molar-refractivity contribution >= 4 is 56.5 Å². The minimum absolute atomic E-state index is 0.278. The summed E-state index contributed by atoms with van der Waals surface area (Å²) < 4.78 is 10.7. The Balaban J connectivity index is 5.31. The first-order chi connectivity index (χ1) is 9.10. The summed E-state index contributed by atoms with van der Waals surface area (Å²) in [5.41, 5.74) is 0. The predicted molar refractivity (Wildman–Crippen MR) is 83.5 cm³/mol. The van der Waals surface area contributed by atoms with Crippen LogP contribution in [0.25, 0.3) is 0 Å². The number of carboxylic acids is 1. The third-order valence-electron chi connectivity index (χ3n) is 1.24. The van der Waals surface area contributed by atoms with E-state index in [1.54, 1.807) is 27.7 Å². The summed E-state index contributed by atoms with van der Waals surface area (Å²) in [5, 5.41) is 15.2. The molecule has 0 aliphatic rings. The van der Waals surface area contributed by atoms with E-state index in [2.05, 4.69) is 0 Å². The van der Waals surface area contributed by atoms with E-state index in [0.29, 0.717) is 31.7 Å². The molecule has 0 fully saturated rings. The molecular weight excluding hydrogens is 348 g/mol. The minimum atomic E-state index is -3.01. The van der Waals surface area contributed by atoms with Crippen molar-refractivity contribution in [2.75, 3.05) is 0 Å². The highest BCUT2D eigenvalue weighted by Crippen LogP contribution is 2.75. The summed E-state index contributed by atoms with van der Waals surface area (Å²) in [4.78, 5) is 33.5. The molecule has 0 saturated carbocycles. The molecule has 0 radical (unpaired) electrons. The lowest BCUT2D eigenvalue weighted by atomic mass is 10.5. The van der Waals surface area contributed by atoms with E-state index in [-0.39, 0.29) is 6.10 Å². The van der Waals surface area contributed by atoms with E-state index in [4.69, 9.17) is 18.6 Å². The lowest BCUT2D eigenvalue weighted by Gasteiger charge is -2.33. The van der Waals surface area contributed by atoms with Crippen LogP contribution in [0, 0.1) is 0 Å². The van der Waals surface area contributed by atoms with Gasteiger partial charge in [0.05, 0.1) is 31.7 Å². The Kier molecular flexibility index (Phi) is 9.02. The summed E-state index contributed by atoms with van der Waals surface area (Å²) in [6.07, 6.45) is -0.738. The lowest BCUT2D eigenvalue weighted by molar-refractivity contribution is -0.145. The third-order valence-corrected chi connectivity index (χ3v) is 11.1. The molecule has 0 heterocycles. The first kappa shape index (κ1) is 19.9. The average Bonchev–Trinajstić information content (AvgIpc) is 2.31. The maximum Gasteiger partial charge on any atom is 0.385 e. The first-order valence-corrected chi connectivity index (χ1v) is 10.8. The zero-order valence-corrected chi connectivity index (χ0v) is 14.5. The van der Waals surface area contributed by atoms with Crippen molar-refractivity contribution in [3.8, 4) is 0 Å². The quantitative estimate of drug-likeness (QED) is 0.394. The van der Waals surface area contributed by atoms with Gasteiger partial charge in [-0.05, 0) is 27.7 Å². The Morgan fingerprint density at radius 1 is 1.05 bits per heavy atom. The van der Waals surface area contributed by atoms with Gasteiger partial charge in [0.1, 0.15) is 0 Å². The second-order valence-electron chi connectivity index (χ2n) is 3.82. The highest BCUT2D eigenvalue weighted by atomic mass is 33.7. The largest absolute Gasteiger partial charge is 0.475 e. The topological polar surface area (TPSA) is 110 Å². The Bertz CT molecular complexity index is 373. The van der Waals surface area contributed by atoms with Gasteiger partial charge in [0.2, 0.25) is 0 Å². The molecule has 2 N–H and O–H groups in total. The predicted octanol–water partition coefficient (Wildman–Crippen LogP) is 3.70. The Morgan fingerprint density at radius 2 is 1.60 bits per heavy atom. The molecule has 11 heteroatoms. The van der Waals surface area contributed by atoms with E-state index in [1.807, 2.05) is 0 Å². The molecule has 0 bridgehead atoms. The van der Waals surface area contributed by atoms with Gasteiger partial charge in [-0.1, -0.05) is 0 Å². The molecule has 118 valence electrons. The van der Waals surface area contributed by atoms with E-state index in [9.17, 15) is 14.4 Å².